The Labute approximate surface area is 174 Å². The topological polar surface area (TPSA) is 39.7 Å². The summed E-state index contributed by atoms with van der Waals surface area (Å²) in [4.78, 5) is 6.92. The number of halogens is 1. The van der Waals surface area contributed by atoms with Gasteiger partial charge in [0.1, 0.15) is 0 Å². The van der Waals surface area contributed by atoms with E-state index in [0.29, 0.717) is 6.04 Å². The molecule has 6 heteroatoms. The molecule has 0 spiro atoms. The number of benzene rings is 1. The number of guanidine groups is 1. The number of unbranched alkanes of at least 4 members (excludes halogenated alkanes) is 1. The molecule has 1 saturated heterocycles. The average Bonchev–Trinajstić information content (AvgIpc) is 2.62. The van der Waals surface area contributed by atoms with Crippen LogP contribution in [0, 0.1) is 0 Å². The van der Waals surface area contributed by atoms with Crippen molar-refractivity contribution < 1.29 is 0 Å². The third-order valence-corrected chi connectivity index (χ3v) is 5.08. The Morgan fingerprint density at radius 2 is 2.08 bits per heavy atom. The first-order chi connectivity index (χ1) is 11.8. The van der Waals surface area contributed by atoms with E-state index >= 15 is 0 Å². The highest BCUT2D eigenvalue weighted by Crippen LogP contribution is 2.13. The van der Waals surface area contributed by atoms with E-state index in [1.54, 1.807) is 0 Å². The van der Waals surface area contributed by atoms with Gasteiger partial charge in [-0.25, -0.2) is 0 Å². The molecule has 1 aliphatic heterocycles. The van der Waals surface area contributed by atoms with E-state index < -0.39 is 0 Å². The predicted octanol–water partition coefficient (Wildman–Crippen LogP) is 3.58. The van der Waals surface area contributed by atoms with Gasteiger partial charge in [-0.2, -0.15) is 11.8 Å². The van der Waals surface area contributed by atoms with Gasteiger partial charge in [0.15, 0.2) is 5.96 Å². The number of hydrogen-bond donors (Lipinski definition) is 2. The zero-order chi connectivity index (χ0) is 17.0. The molecule has 1 aliphatic rings. The van der Waals surface area contributed by atoms with Crippen molar-refractivity contribution in [1.82, 2.24) is 15.5 Å². The van der Waals surface area contributed by atoms with Gasteiger partial charge in [0.2, 0.25) is 0 Å². The molecule has 1 heterocycles. The van der Waals surface area contributed by atoms with Crippen LogP contribution in [0.1, 0.15) is 31.2 Å². The lowest BCUT2D eigenvalue weighted by molar-refractivity contribution is 0.192. The van der Waals surface area contributed by atoms with Crippen molar-refractivity contribution >= 4 is 41.7 Å². The predicted molar refractivity (Wildman–Crippen MR) is 122 cm³/mol. The van der Waals surface area contributed by atoms with Crippen LogP contribution in [0.25, 0.3) is 0 Å². The summed E-state index contributed by atoms with van der Waals surface area (Å²) in [6.07, 6.45) is 7.09. The fourth-order valence-electron chi connectivity index (χ4n) is 3.12. The van der Waals surface area contributed by atoms with Gasteiger partial charge < -0.3 is 10.6 Å². The van der Waals surface area contributed by atoms with E-state index in [2.05, 4.69) is 57.1 Å². The lowest BCUT2D eigenvalue weighted by atomic mass is 10.0. The Morgan fingerprint density at radius 3 is 2.80 bits per heavy atom. The molecule has 1 atom stereocenters. The van der Waals surface area contributed by atoms with Gasteiger partial charge in [-0.15, -0.1) is 24.0 Å². The first kappa shape index (κ1) is 22.6. The fourth-order valence-corrected chi connectivity index (χ4v) is 3.62. The molecule has 0 aromatic heterocycles. The molecule has 1 aromatic rings. The molecule has 4 nitrogen and oxygen atoms in total. The van der Waals surface area contributed by atoms with Crippen LogP contribution in [0.4, 0.5) is 0 Å². The summed E-state index contributed by atoms with van der Waals surface area (Å²) in [5, 5.41) is 7.06. The lowest BCUT2D eigenvalue weighted by Gasteiger charge is -2.34. The zero-order valence-electron chi connectivity index (χ0n) is 15.5. The maximum atomic E-state index is 4.38. The summed E-state index contributed by atoms with van der Waals surface area (Å²) in [6, 6.07) is 11.2. The van der Waals surface area contributed by atoms with Gasteiger partial charge in [-0.1, -0.05) is 30.3 Å². The molecule has 25 heavy (non-hydrogen) atoms. The van der Waals surface area contributed by atoms with Crippen LogP contribution in [0.3, 0.4) is 0 Å². The summed E-state index contributed by atoms with van der Waals surface area (Å²) < 4.78 is 0. The minimum Gasteiger partial charge on any atom is -0.356 e. The summed E-state index contributed by atoms with van der Waals surface area (Å²) in [6.45, 7) is 4.32. The van der Waals surface area contributed by atoms with Gasteiger partial charge in [-0.05, 0) is 49.8 Å². The van der Waals surface area contributed by atoms with Crippen molar-refractivity contribution in [2.24, 2.45) is 4.99 Å². The molecular formula is C19H33IN4S. The summed E-state index contributed by atoms with van der Waals surface area (Å²) in [7, 11) is 1.86. The Bertz CT molecular complexity index is 484. The quantitative estimate of drug-likeness (QED) is 0.261. The second-order valence-electron chi connectivity index (χ2n) is 6.40. The highest BCUT2D eigenvalue weighted by atomic mass is 127. The average molecular weight is 476 g/mol. The molecule has 0 aliphatic carbocycles. The number of aliphatic imine (C=N–C) groups is 1. The van der Waals surface area contributed by atoms with E-state index in [1.807, 2.05) is 18.8 Å². The van der Waals surface area contributed by atoms with Crippen LogP contribution in [0.15, 0.2) is 35.3 Å². The smallest absolute Gasteiger partial charge is 0.191 e. The first-order valence-corrected chi connectivity index (χ1v) is 10.4. The van der Waals surface area contributed by atoms with Crippen molar-refractivity contribution in [2.75, 3.05) is 38.7 Å². The minimum atomic E-state index is 0. The van der Waals surface area contributed by atoms with Crippen molar-refractivity contribution in [3.63, 3.8) is 0 Å². The molecular weight excluding hydrogens is 443 g/mol. The number of nitrogens with one attached hydrogen (secondary N) is 2. The standard InChI is InChI=1S/C19H32N4S.HI/c1-20-19(21-12-6-7-14-24-2)22-18-11-8-13-23(16-18)15-17-9-4-3-5-10-17;/h3-5,9-10,18H,6-8,11-16H2,1-2H3,(H2,20,21,22);1H. The van der Waals surface area contributed by atoms with Gasteiger partial charge in [0.25, 0.3) is 0 Å². The molecule has 1 unspecified atom stereocenters. The fraction of sp³-hybridized carbons (Fsp3) is 0.632. The maximum Gasteiger partial charge on any atom is 0.191 e. The van der Waals surface area contributed by atoms with E-state index in [-0.39, 0.29) is 24.0 Å². The largest absolute Gasteiger partial charge is 0.356 e. The minimum absolute atomic E-state index is 0. The molecule has 0 saturated carbocycles. The number of piperidine rings is 1. The van der Waals surface area contributed by atoms with Gasteiger partial charge in [0, 0.05) is 32.7 Å². The van der Waals surface area contributed by atoms with Crippen LogP contribution in [-0.2, 0) is 6.54 Å². The van der Waals surface area contributed by atoms with E-state index in [9.17, 15) is 0 Å². The normalized spacial score (nSPS) is 18.5. The Balaban J connectivity index is 0.00000312. The number of rotatable bonds is 8. The van der Waals surface area contributed by atoms with Crippen LogP contribution < -0.4 is 10.6 Å². The highest BCUT2D eigenvalue weighted by Gasteiger charge is 2.20. The third kappa shape index (κ3) is 9.15. The molecule has 1 aromatic carbocycles. The second-order valence-corrected chi connectivity index (χ2v) is 7.39. The van der Waals surface area contributed by atoms with Crippen molar-refractivity contribution in [3.05, 3.63) is 35.9 Å². The van der Waals surface area contributed by atoms with Crippen molar-refractivity contribution in [3.8, 4) is 0 Å². The summed E-state index contributed by atoms with van der Waals surface area (Å²) in [5.74, 6) is 2.19. The van der Waals surface area contributed by atoms with Gasteiger partial charge >= 0.3 is 0 Å². The van der Waals surface area contributed by atoms with Crippen LogP contribution in [0.2, 0.25) is 0 Å². The molecule has 1 fully saturated rings. The Morgan fingerprint density at radius 1 is 1.28 bits per heavy atom. The first-order valence-electron chi connectivity index (χ1n) is 9.04. The molecule has 2 N–H and O–H groups in total. The molecule has 0 bridgehead atoms. The van der Waals surface area contributed by atoms with Crippen LogP contribution >= 0.6 is 35.7 Å². The van der Waals surface area contributed by atoms with Crippen molar-refractivity contribution in [2.45, 2.75) is 38.3 Å². The van der Waals surface area contributed by atoms with Crippen molar-refractivity contribution in [1.29, 1.82) is 0 Å². The Hall–Kier alpha value is -0.470. The third-order valence-electron chi connectivity index (χ3n) is 4.39. The Kier molecular flexibility index (Phi) is 12.4. The lowest BCUT2D eigenvalue weighted by Crippen LogP contribution is -2.51. The molecule has 142 valence electrons. The number of thioether (sulfide) groups is 1. The number of likely N-dealkylation sites (tertiary alicyclic amines) is 1. The molecule has 0 radical (unpaired) electrons. The van der Waals surface area contributed by atoms with Gasteiger partial charge in [-0.3, -0.25) is 9.89 Å². The summed E-state index contributed by atoms with van der Waals surface area (Å²) >= 11 is 1.92. The monoisotopic (exact) mass is 476 g/mol. The number of hydrogen-bond acceptors (Lipinski definition) is 3. The van der Waals surface area contributed by atoms with E-state index in [0.717, 1.165) is 25.6 Å². The van der Waals surface area contributed by atoms with E-state index in [4.69, 9.17) is 0 Å². The zero-order valence-corrected chi connectivity index (χ0v) is 18.7. The second kappa shape index (κ2) is 13.7. The maximum absolute atomic E-state index is 4.38. The van der Waals surface area contributed by atoms with E-state index in [1.165, 1.54) is 43.5 Å². The molecule has 0 amide bonds. The van der Waals surface area contributed by atoms with Crippen LogP contribution in [-0.4, -0.2) is 55.6 Å². The highest BCUT2D eigenvalue weighted by molar-refractivity contribution is 14.0. The SMILES string of the molecule is CN=C(NCCCCSC)NC1CCCN(Cc2ccccc2)C1.I. The van der Waals surface area contributed by atoms with Gasteiger partial charge in [0.05, 0.1) is 0 Å². The molecule has 2 rings (SSSR count). The summed E-state index contributed by atoms with van der Waals surface area (Å²) in [5.41, 5.74) is 1.40. The number of nitrogens with zero attached hydrogens (tertiary/aromatic N) is 2. The van der Waals surface area contributed by atoms with Crippen LogP contribution in [0.5, 0.6) is 0 Å².